The zero-order chi connectivity index (χ0) is 18.2. The van der Waals surface area contributed by atoms with Crippen LogP contribution < -0.4 is 15.4 Å². The fourth-order valence-electron chi connectivity index (χ4n) is 2.33. The largest absolute Gasteiger partial charge is 0.497 e. The molecule has 0 unspecified atom stereocenters. The van der Waals surface area contributed by atoms with Crippen LogP contribution in [0.3, 0.4) is 0 Å². The summed E-state index contributed by atoms with van der Waals surface area (Å²) in [7, 11) is 1.63. The maximum Gasteiger partial charge on any atom is 0.269 e. The van der Waals surface area contributed by atoms with Crippen molar-refractivity contribution in [2.45, 2.75) is 6.42 Å². The smallest absolute Gasteiger partial charge is 0.269 e. The summed E-state index contributed by atoms with van der Waals surface area (Å²) in [6.07, 6.45) is 3.80. The number of nitrogens with one attached hydrogen (secondary N) is 2. The van der Waals surface area contributed by atoms with Crippen molar-refractivity contribution in [2.24, 2.45) is 0 Å². The van der Waals surface area contributed by atoms with Crippen molar-refractivity contribution < 1.29 is 9.53 Å². The van der Waals surface area contributed by atoms with E-state index in [1.807, 2.05) is 24.3 Å². The first-order valence-electron chi connectivity index (χ1n) is 8.16. The predicted octanol–water partition coefficient (Wildman–Crippen LogP) is 2.60. The molecule has 2 N–H and O–H groups in total. The Morgan fingerprint density at radius 2 is 1.92 bits per heavy atom. The Kier molecular flexibility index (Phi) is 5.72. The molecule has 3 aromatic rings. The molecular formula is C19H19N5O2. The lowest BCUT2D eigenvalue weighted by atomic mass is 10.1. The summed E-state index contributed by atoms with van der Waals surface area (Å²) in [5, 5.41) is 5.92. The highest BCUT2D eigenvalue weighted by Gasteiger charge is 2.08. The molecule has 0 radical (unpaired) electrons. The van der Waals surface area contributed by atoms with E-state index in [1.165, 1.54) is 6.33 Å². The number of hydrogen-bond donors (Lipinski definition) is 2. The molecule has 0 aliphatic heterocycles. The molecule has 132 valence electrons. The number of carbonyl (C=O) groups excluding carboxylic acids is 1. The molecule has 0 aliphatic carbocycles. The van der Waals surface area contributed by atoms with Gasteiger partial charge in [0.25, 0.3) is 5.91 Å². The second-order valence-electron chi connectivity index (χ2n) is 5.48. The molecule has 0 atom stereocenters. The number of ether oxygens (including phenoxy) is 1. The van der Waals surface area contributed by atoms with Gasteiger partial charge in [0.1, 0.15) is 29.4 Å². The number of anilines is 2. The number of pyridine rings is 1. The third kappa shape index (κ3) is 4.76. The van der Waals surface area contributed by atoms with Gasteiger partial charge in [-0.05, 0) is 42.3 Å². The molecule has 1 amide bonds. The van der Waals surface area contributed by atoms with Gasteiger partial charge in [-0.3, -0.25) is 4.79 Å². The minimum Gasteiger partial charge on any atom is -0.497 e. The van der Waals surface area contributed by atoms with Crippen LogP contribution in [0.1, 0.15) is 16.1 Å². The maximum absolute atomic E-state index is 12.3. The van der Waals surface area contributed by atoms with E-state index in [4.69, 9.17) is 4.74 Å². The summed E-state index contributed by atoms with van der Waals surface area (Å²) in [6, 6.07) is 14.7. The number of carbonyl (C=O) groups is 1. The Labute approximate surface area is 151 Å². The predicted molar refractivity (Wildman–Crippen MR) is 98.6 cm³/mol. The van der Waals surface area contributed by atoms with Gasteiger partial charge in [-0.2, -0.15) is 0 Å². The second-order valence-corrected chi connectivity index (χ2v) is 5.48. The summed E-state index contributed by atoms with van der Waals surface area (Å²) in [5.74, 6) is 1.76. The maximum atomic E-state index is 12.3. The first kappa shape index (κ1) is 17.3. The summed E-state index contributed by atoms with van der Waals surface area (Å²) in [6.45, 7) is 0.524. The van der Waals surface area contributed by atoms with Gasteiger partial charge in [0, 0.05) is 12.7 Å². The van der Waals surface area contributed by atoms with Crippen molar-refractivity contribution in [3.63, 3.8) is 0 Å². The van der Waals surface area contributed by atoms with E-state index in [2.05, 4.69) is 25.6 Å². The van der Waals surface area contributed by atoms with Crippen LogP contribution in [0.25, 0.3) is 0 Å². The van der Waals surface area contributed by atoms with E-state index in [0.29, 0.717) is 23.9 Å². The summed E-state index contributed by atoms with van der Waals surface area (Å²) in [5.41, 5.74) is 1.47. The van der Waals surface area contributed by atoms with Crippen molar-refractivity contribution >= 4 is 17.5 Å². The van der Waals surface area contributed by atoms with Crippen LogP contribution in [-0.2, 0) is 6.42 Å². The number of methoxy groups -OCH3 is 1. The van der Waals surface area contributed by atoms with Crippen LogP contribution in [0.15, 0.2) is 61.1 Å². The lowest BCUT2D eigenvalue weighted by Crippen LogP contribution is -2.26. The highest BCUT2D eigenvalue weighted by atomic mass is 16.5. The Balaban J connectivity index is 1.55. The van der Waals surface area contributed by atoms with Crippen LogP contribution in [-0.4, -0.2) is 34.5 Å². The third-order valence-corrected chi connectivity index (χ3v) is 3.68. The van der Waals surface area contributed by atoms with E-state index in [-0.39, 0.29) is 5.91 Å². The van der Waals surface area contributed by atoms with Crippen LogP contribution in [0.4, 0.5) is 11.6 Å². The average molecular weight is 349 g/mol. The van der Waals surface area contributed by atoms with Gasteiger partial charge in [0.2, 0.25) is 0 Å². The average Bonchev–Trinajstić information content (AvgIpc) is 2.69. The molecule has 0 aliphatic rings. The number of benzene rings is 1. The molecule has 0 bridgehead atoms. The number of aromatic nitrogens is 3. The minimum absolute atomic E-state index is 0.218. The Morgan fingerprint density at radius 3 is 2.65 bits per heavy atom. The lowest BCUT2D eigenvalue weighted by Gasteiger charge is -2.08. The lowest BCUT2D eigenvalue weighted by molar-refractivity contribution is 0.0949. The monoisotopic (exact) mass is 349 g/mol. The van der Waals surface area contributed by atoms with Gasteiger partial charge in [-0.25, -0.2) is 15.0 Å². The van der Waals surface area contributed by atoms with Gasteiger partial charge in [-0.1, -0.05) is 18.2 Å². The van der Waals surface area contributed by atoms with Gasteiger partial charge in [-0.15, -0.1) is 0 Å². The summed E-state index contributed by atoms with van der Waals surface area (Å²) < 4.78 is 5.13. The molecule has 1 aromatic carbocycles. The Bertz CT molecular complexity index is 853. The van der Waals surface area contributed by atoms with E-state index in [0.717, 1.165) is 17.7 Å². The number of rotatable bonds is 7. The fraction of sp³-hybridized carbons (Fsp3) is 0.158. The van der Waals surface area contributed by atoms with Gasteiger partial charge in [0.05, 0.1) is 7.11 Å². The van der Waals surface area contributed by atoms with Gasteiger partial charge < -0.3 is 15.4 Å². The molecule has 0 fully saturated rings. The molecule has 3 rings (SSSR count). The molecule has 0 saturated heterocycles. The van der Waals surface area contributed by atoms with Crippen molar-refractivity contribution in [2.75, 3.05) is 19.0 Å². The first-order chi connectivity index (χ1) is 12.7. The van der Waals surface area contributed by atoms with E-state index in [9.17, 15) is 4.79 Å². The van der Waals surface area contributed by atoms with Crippen LogP contribution >= 0.6 is 0 Å². The highest BCUT2D eigenvalue weighted by Crippen LogP contribution is 2.12. The third-order valence-electron chi connectivity index (χ3n) is 3.68. The molecule has 2 aromatic heterocycles. The molecule has 0 spiro atoms. The van der Waals surface area contributed by atoms with Crippen molar-refractivity contribution in [1.29, 1.82) is 0 Å². The standard InChI is InChI=1S/C19H19N5O2/c1-26-15-7-5-14(6-8-15)9-12-21-19(25)16-3-2-4-18(23-16)24-17-10-11-20-13-22-17/h2-8,10-11,13H,9,12H2,1H3,(H,21,25)(H,20,22,23,24). The van der Waals surface area contributed by atoms with E-state index >= 15 is 0 Å². The van der Waals surface area contributed by atoms with Crippen molar-refractivity contribution in [3.05, 3.63) is 72.3 Å². The van der Waals surface area contributed by atoms with Crippen LogP contribution in [0.2, 0.25) is 0 Å². The summed E-state index contributed by atoms with van der Waals surface area (Å²) in [4.78, 5) is 24.5. The number of amides is 1. The normalized spacial score (nSPS) is 10.2. The van der Waals surface area contributed by atoms with Gasteiger partial charge >= 0.3 is 0 Å². The molecule has 7 heteroatoms. The Morgan fingerprint density at radius 1 is 1.08 bits per heavy atom. The van der Waals surface area contributed by atoms with Gasteiger partial charge in [0.15, 0.2) is 0 Å². The molecule has 2 heterocycles. The number of nitrogens with zero attached hydrogens (tertiary/aromatic N) is 3. The van der Waals surface area contributed by atoms with Crippen molar-refractivity contribution in [1.82, 2.24) is 20.3 Å². The first-order valence-corrected chi connectivity index (χ1v) is 8.16. The zero-order valence-corrected chi connectivity index (χ0v) is 14.3. The SMILES string of the molecule is COc1ccc(CCNC(=O)c2cccc(Nc3ccncn3)n2)cc1. The van der Waals surface area contributed by atoms with Crippen LogP contribution in [0, 0.1) is 0 Å². The minimum atomic E-state index is -0.218. The molecule has 0 saturated carbocycles. The molecular weight excluding hydrogens is 330 g/mol. The zero-order valence-electron chi connectivity index (χ0n) is 14.3. The quantitative estimate of drug-likeness (QED) is 0.681. The van der Waals surface area contributed by atoms with Crippen LogP contribution in [0.5, 0.6) is 5.75 Å². The molecule has 26 heavy (non-hydrogen) atoms. The van der Waals surface area contributed by atoms with E-state index < -0.39 is 0 Å². The topological polar surface area (TPSA) is 89.0 Å². The summed E-state index contributed by atoms with van der Waals surface area (Å²) >= 11 is 0. The fourth-order valence-corrected chi connectivity index (χ4v) is 2.33. The molecule has 7 nitrogen and oxygen atoms in total. The Hall–Kier alpha value is -3.48. The highest BCUT2D eigenvalue weighted by molar-refractivity contribution is 5.92. The number of hydrogen-bond acceptors (Lipinski definition) is 6. The van der Waals surface area contributed by atoms with E-state index in [1.54, 1.807) is 37.6 Å². The van der Waals surface area contributed by atoms with Crippen molar-refractivity contribution in [3.8, 4) is 5.75 Å². The second kappa shape index (κ2) is 8.57.